The maximum absolute atomic E-state index is 13.5. The lowest BCUT2D eigenvalue weighted by Crippen LogP contribution is -2.52. The van der Waals surface area contributed by atoms with E-state index in [-0.39, 0.29) is 29.9 Å². The molecule has 1 heterocycles. The predicted molar refractivity (Wildman–Crippen MR) is 116 cm³/mol. The molecule has 0 spiro atoms. The lowest BCUT2D eigenvalue weighted by Gasteiger charge is -2.37. The van der Waals surface area contributed by atoms with Crippen molar-refractivity contribution in [3.8, 4) is 11.3 Å². The van der Waals surface area contributed by atoms with Crippen molar-refractivity contribution in [2.75, 3.05) is 5.73 Å². The van der Waals surface area contributed by atoms with Gasteiger partial charge in [0.15, 0.2) is 17.1 Å². The van der Waals surface area contributed by atoms with Crippen LogP contribution in [0.2, 0.25) is 0 Å². The molecule has 37 heavy (non-hydrogen) atoms. The van der Waals surface area contributed by atoms with Crippen molar-refractivity contribution in [2.24, 2.45) is 5.73 Å². The molecule has 2 amide bonds. The summed E-state index contributed by atoms with van der Waals surface area (Å²) >= 11 is 0. The van der Waals surface area contributed by atoms with Crippen LogP contribution >= 0.6 is 0 Å². The fraction of sp³-hybridized carbons (Fsp3) is 0.455. The summed E-state index contributed by atoms with van der Waals surface area (Å²) in [5.74, 6) is -3.31. The highest BCUT2D eigenvalue weighted by molar-refractivity contribution is 5.97. The summed E-state index contributed by atoms with van der Waals surface area (Å²) in [7, 11) is 0. The number of anilines is 1. The van der Waals surface area contributed by atoms with Crippen molar-refractivity contribution in [1.29, 1.82) is 0 Å². The Morgan fingerprint density at radius 1 is 1.14 bits per heavy atom. The second-order valence-corrected chi connectivity index (χ2v) is 8.87. The van der Waals surface area contributed by atoms with Crippen LogP contribution in [-0.4, -0.2) is 56.0 Å². The number of nitrogens with one attached hydrogen (secondary N) is 1. The van der Waals surface area contributed by atoms with Crippen LogP contribution in [0.1, 0.15) is 47.3 Å². The van der Waals surface area contributed by atoms with Gasteiger partial charge >= 0.3 is 12.4 Å². The minimum Gasteiger partial charge on any atom is -0.382 e. The van der Waals surface area contributed by atoms with Crippen molar-refractivity contribution in [3.63, 3.8) is 0 Å². The Morgan fingerprint density at radius 3 is 2.24 bits per heavy atom. The Hall–Kier alpha value is -3.46. The number of carbonyl (C=O) groups is 2. The van der Waals surface area contributed by atoms with Gasteiger partial charge in [-0.3, -0.25) is 9.59 Å². The van der Waals surface area contributed by atoms with E-state index in [4.69, 9.17) is 11.5 Å². The monoisotopic (exact) mass is 535 g/mol. The third-order valence-electron chi connectivity index (χ3n) is 6.39. The fourth-order valence-corrected chi connectivity index (χ4v) is 4.04. The molecule has 1 aromatic heterocycles. The minimum atomic E-state index is -5.44. The van der Waals surface area contributed by atoms with Crippen molar-refractivity contribution >= 4 is 17.6 Å². The number of nitrogens with two attached hydrogens (primary N) is 2. The number of rotatable bonds is 5. The van der Waals surface area contributed by atoms with Gasteiger partial charge in [0.05, 0.1) is 11.9 Å². The number of aryl methyl sites for hydroxylation is 1. The van der Waals surface area contributed by atoms with Gasteiger partial charge in [0, 0.05) is 17.2 Å². The molecule has 0 aliphatic heterocycles. The van der Waals surface area contributed by atoms with Gasteiger partial charge < -0.3 is 27.0 Å². The number of hydrogen-bond acceptors (Lipinski definition) is 7. The van der Waals surface area contributed by atoms with Gasteiger partial charge in [-0.25, -0.2) is 9.97 Å². The molecule has 7 N–H and O–H groups in total. The SMILES string of the molecule is Cc1ccc(C(O)(C(N)=O)C(F)(F)F)cc1-c1cnc(N)c(C(=O)NC2CCC(O)(C(F)(F)F)CC2)n1. The molecule has 1 saturated carbocycles. The van der Waals surface area contributed by atoms with E-state index in [1.54, 1.807) is 0 Å². The number of primary amides is 1. The van der Waals surface area contributed by atoms with Crippen molar-refractivity contribution in [1.82, 2.24) is 15.3 Å². The first kappa shape index (κ1) is 28.1. The van der Waals surface area contributed by atoms with E-state index >= 15 is 0 Å². The van der Waals surface area contributed by atoms with E-state index in [0.717, 1.165) is 18.3 Å². The number of carbonyl (C=O) groups excluding carboxylic acids is 2. The summed E-state index contributed by atoms with van der Waals surface area (Å²) in [6, 6.07) is 2.13. The van der Waals surface area contributed by atoms with E-state index in [2.05, 4.69) is 15.3 Å². The molecule has 1 unspecified atom stereocenters. The summed E-state index contributed by atoms with van der Waals surface area (Å²) in [6.07, 6.45) is -10.8. The molecule has 0 radical (unpaired) electrons. The van der Waals surface area contributed by atoms with Gasteiger partial charge in [0.2, 0.25) is 0 Å². The number of aliphatic hydroxyl groups is 2. The summed E-state index contributed by atoms with van der Waals surface area (Å²) in [5.41, 5.74) is 2.56. The third-order valence-corrected chi connectivity index (χ3v) is 6.39. The second kappa shape index (κ2) is 9.45. The predicted octanol–water partition coefficient (Wildman–Crippen LogP) is 2.24. The Balaban J connectivity index is 1.90. The van der Waals surface area contributed by atoms with Crippen molar-refractivity contribution < 1.29 is 46.1 Å². The maximum atomic E-state index is 13.5. The lowest BCUT2D eigenvalue weighted by atomic mass is 9.81. The minimum absolute atomic E-state index is 0.0316. The smallest absolute Gasteiger partial charge is 0.382 e. The molecule has 15 heteroatoms. The van der Waals surface area contributed by atoms with E-state index in [1.165, 1.54) is 13.0 Å². The largest absolute Gasteiger partial charge is 0.430 e. The molecular formula is C22H23F6N5O4. The summed E-state index contributed by atoms with van der Waals surface area (Å²) in [5, 5.41) is 22.4. The van der Waals surface area contributed by atoms with Crippen LogP contribution in [0.4, 0.5) is 32.2 Å². The average Bonchev–Trinajstić information content (AvgIpc) is 2.79. The number of amides is 2. The zero-order chi connectivity index (χ0) is 28.0. The maximum Gasteiger partial charge on any atom is 0.430 e. The van der Waals surface area contributed by atoms with E-state index < -0.39 is 65.5 Å². The fourth-order valence-electron chi connectivity index (χ4n) is 4.04. The third kappa shape index (κ3) is 5.18. The average molecular weight is 535 g/mol. The lowest BCUT2D eigenvalue weighted by molar-refractivity contribution is -0.270. The van der Waals surface area contributed by atoms with Crippen molar-refractivity contribution in [3.05, 3.63) is 41.2 Å². The van der Waals surface area contributed by atoms with E-state index in [1.807, 2.05) is 0 Å². The summed E-state index contributed by atoms with van der Waals surface area (Å²) < 4.78 is 79.5. The normalized spacial score (nSPS) is 22.2. The number of aromatic nitrogens is 2. The van der Waals surface area contributed by atoms with Crippen LogP contribution in [0.5, 0.6) is 0 Å². The molecule has 1 atom stereocenters. The molecule has 3 rings (SSSR count). The van der Waals surface area contributed by atoms with Crippen LogP contribution < -0.4 is 16.8 Å². The molecule has 2 aromatic rings. The highest BCUT2D eigenvalue weighted by atomic mass is 19.4. The number of benzene rings is 1. The van der Waals surface area contributed by atoms with Crippen LogP contribution in [-0.2, 0) is 10.4 Å². The Morgan fingerprint density at radius 2 is 1.73 bits per heavy atom. The first-order chi connectivity index (χ1) is 16.9. The van der Waals surface area contributed by atoms with Crippen LogP contribution in [0.25, 0.3) is 11.3 Å². The number of halogens is 6. The molecule has 1 aromatic carbocycles. The Labute approximate surface area is 205 Å². The number of hydrogen-bond donors (Lipinski definition) is 5. The zero-order valence-corrected chi connectivity index (χ0v) is 19.2. The molecule has 1 fully saturated rings. The van der Waals surface area contributed by atoms with Gasteiger partial charge in [-0.1, -0.05) is 12.1 Å². The first-order valence-electron chi connectivity index (χ1n) is 10.8. The first-order valence-corrected chi connectivity index (χ1v) is 10.8. The van der Waals surface area contributed by atoms with Crippen LogP contribution in [0.3, 0.4) is 0 Å². The summed E-state index contributed by atoms with van der Waals surface area (Å²) in [6.45, 7) is 1.48. The van der Waals surface area contributed by atoms with Gasteiger partial charge in [0.1, 0.15) is 0 Å². The standard InChI is InChI=1S/C22H23F6N5O4/c1-10-2-3-11(20(37,18(30)35)22(26,27)28)8-13(10)14-9-31-16(29)15(33-14)17(34)32-12-4-6-19(36,7-5-12)21(23,24)25/h2-3,8-9,12,36-37H,4-7H2,1H3,(H2,29,31)(H2,30,35)(H,32,34). The van der Waals surface area contributed by atoms with Gasteiger partial charge in [-0.15, -0.1) is 0 Å². The van der Waals surface area contributed by atoms with Crippen LogP contribution in [0, 0.1) is 6.92 Å². The van der Waals surface area contributed by atoms with Crippen molar-refractivity contribution in [2.45, 2.75) is 62.2 Å². The topological polar surface area (TPSA) is 164 Å². The number of nitrogens with zero attached hydrogens (tertiary/aromatic N) is 2. The molecule has 1 aliphatic carbocycles. The van der Waals surface area contributed by atoms with E-state index in [0.29, 0.717) is 5.56 Å². The molecule has 1 aliphatic rings. The molecule has 0 bridgehead atoms. The zero-order valence-electron chi connectivity index (χ0n) is 19.2. The Bertz CT molecular complexity index is 1210. The van der Waals surface area contributed by atoms with Crippen LogP contribution in [0.15, 0.2) is 24.4 Å². The quantitative estimate of drug-likeness (QED) is 0.367. The van der Waals surface area contributed by atoms with Gasteiger partial charge in [-0.05, 0) is 44.2 Å². The van der Waals surface area contributed by atoms with Gasteiger partial charge in [0.25, 0.3) is 17.4 Å². The molecular weight excluding hydrogens is 512 g/mol. The van der Waals surface area contributed by atoms with Gasteiger partial charge in [-0.2, -0.15) is 26.3 Å². The molecule has 9 nitrogen and oxygen atoms in total. The number of alkyl halides is 6. The van der Waals surface area contributed by atoms with E-state index in [9.17, 15) is 46.1 Å². The molecule has 0 saturated heterocycles. The summed E-state index contributed by atoms with van der Waals surface area (Å²) in [4.78, 5) is 32.2. The number of nitrogen functional groups attached to an aromatic ring is 1. The Kier molecular flexibility index (Phi) is 7.18. The molecule has 202 valence electrons. The second-order valence-electron chi connectivity index (χ2n) is 8.87. The highest BCUT2D eigenvalue weighted by Gasteiger charge is 2.60. The highest BCUT2D eigenvalue weighted by Crippen LogP contribution is 2.42.